The number of hydrogen-bond donors (Lipinski definition) is 2. The van der Waals surface area contributed by atoms with Crippen LogP contribution in [0.3, 0.4) is 0 Å². The number of aryl methyl sites for hydroxylation is 3. The number of carbonyl (C=O) groups is 1. The van der Waals surface area contributed by atoms with Gasteiger partial charge in [0.05, 0.1) is 10.9 Å². The van der Waals surface area contributed by atoms with Crippen LogP contribution in [0, 0.1) is 13.8 Å². The Labute approximate surface area is 149 Å². The number of pyridine rings is 1. The molecule has 3 rings (SSSR count). The third-order valence-corrected chi connectivity index (χ3v) is 4.17. The van der Waals surface area contributed by atoms with Crippen LogP contribution in [0.25, 0.3) is 11.0 Å². The predicted molar refractivity (Wildman–Crippen MR) is 101 cm³/mol. The van der Waals surface area contributed by atoms with E-state index >= 15 is 0 Å². The molecule has 7 nitrogen and oxygen atoms in total. The number of hydrogen-bond acceptors (Lipinski definition) is 4. The highest BCUT2D eigenvalue weighted by Gasteiger charge is 2.13. The van der Waals surface area contributed by atoms with Crippen LogP contribution < -0.4 is 16.6 Å². The summed E-state index contributed by atoms with van der Waals surface area (Å²) >= 11 is 0. The summed E-state index contributed by atoms with van der Waals surface area (Å²) in [6, 6.07) is 7.19. The Morgan fingerprint density at radius 1 is 1.23 bits per heavy atom. The zero-order valence-corrected chi connectivity index (χ0v) is 14.9. The van der Waals surface area contributed by atoms with Gasteiger partial charge < -0.3 is 5.32 Å². The summed E-state index contributed by atoms with van der Waals surface area (Å²) in [5.74, 6) is -0.362. The fraction of sp³-hybridized carbons (Fsp3) is 0.263. The van der Waals surface area contributed by atoms with Gasteiger partial charge in [0.1, 0.15) is 5.65 Å². The molecule has 2 heterocycles. The normalized spacial score (nSPS) is 10.9. The highest BCUT2D eigenvalue weighted by atomic mass is 16.2. The number of nitrogens with zero attached hydrogens (tertiary/aromatic N) is 2. The van der Waals surface area contributed by atoms with Gasteiger partial charge >= 0.3 is 5.69 Å². The molecule has 7 heteroatoms. The molecule has 2 aromatic heterocycles. The molecule has 2 N–H and O–H groups in total. The molecular weight excluding hydrogens is 332 g/mol. The molecule has 0 atom stereocenters. The van der Waals surface area contributed by atoms with Crippen LogP contribution in [0.1, 0.15) is 34.8 Å². The minimum atomic E-state index is -0.550. The molecular formula is C19H20N4O3. The molecule has 0 aliphatic heterocycles. The number of aromatic amines is 1. The number of rotatable bonds is 4. The Hall–Kier alpha value is -3.22. The van der Waals surface area contributed by atoms with Gasteiger partial charge in [0.25, 0.3) is 11.5 Å². The van der Waals surface area contributed by atoms with Crippen molar-refractivity contribution in [3.63, 3.8) is 0 Å². The quantitative estimate of drug-likeness (QED) is 0.753. The maximum Gasteiger partial charge on any atom is 0.329 e. The van der Waals surface area contributed by atoms with E-state index in [0.717, 1.165) is 17.5 Å². The first kappa shape index (κ1) is 17.6. The van der Waals surface area contributed by atoms with Gasteiger partial charge in [-0.3, -0.25) is 19.1 Å². The van der Waals surface area contributed by atoms with Crippen LogP contribution in [0.15, 0.2) is 40.1 Å². The fourth-order valence-corrected chi connectivity index (χ4v) is 2.87. The average molecular weight is 352 g/mol. The number of carbonyl (C=O) groups excluding carboxylic acids is 1. The van der Waals surface area contributed by atoms with Gasteiger partial charge in [0.15, 0.2) is 0 Å². The van der Waals surface area contributed by atoms with Crippen molar-refractivity contribution in [3.05, 3.63) is 68.0 Å². The largest absolute Gasteiger partial charge is 0.329 e. The van der Waals surface area contributed by atoms with Crippen LogP contribution >= 0.6 is 0 Å². The van der Waals surface area contributed by atoms with E-state index in [1.807, 2.05) is 39.0 Å². The number of aromatic nitrogens is 3. The van der Waals surface area contributed by atoms with Crippen molar-refractivity contribution >= 4 is 22.6 Å². The lowest BCUT2D eigenvalue weighted by Crippen LogP contribution is -2.31. The van der Waals surface area contributed by atoms with Crippen molar-refractivity contribution in [3.8, 4) is 0 Å². The zero-order valence-electron chi connectivity index (χ0n) is 14.9. The third kappa shape index (κ3) is 3.28. The van der Waals surface area contributed by atoms with Gasteiger partial charge in [-0.05, 0) is 38.0 Å². The van der Waals surface area contributed by atoms with E-state index in [2.05, 4.69) is 15.3 Å². The van der Waals surface area contributed by atoms with E-state index in [4.69, 9.17) is 0 Å². The Balaban J connectivity index is 2.02. The zero-order chi connectivity index (χ0) is 18.8. The summed E-state index contributed by atoms with van der Waals surface area (Å²) < 4.78 is 1.41. The summed E-state index contributed by atoms with van der Waals surface area (Å²) in [6.07, 6.45) is 2.10. The Kier molecular flexibility index (Phi) is 4.71. The highest BCUT2D eigenvalue weighted by molar-refractivity contribution is 6.05. The van der Waals surface area contributed by atoms with Crippen LogP contribution in [0.2, 0.25) is 0 Å². The molecule has 0 aliphatic rings. The number of H-pyrrole nitrogens is 1. The molecule has 1 aromatic carbocycles. The second-order valence-electron chi connectivity index (χ2n) is 6.28. The van der Waals surface area contributed by atoms with Gasteiger partial charge in [-0.15, -0.1) is 0 Å². The Morgan fingerprint density at radius 3 is 2.69 bits per heavy atom. The molecule has 0 fully saturated rings. The van der Waals surface area contributed by atoms with Crippen LogP contribution in [-0.2, 0) is 6.54 Å². The molecule has 0 radical (unpaired) electrons. The van der Waals surface area contributed by atoms with E-state index in [-0.39, 0.29) is 22.5 Å². The average Bonchev–Trinajstić information content (AvgIpc) is 2.60. The summed E-state index contributed by atoms with van der Waals surface area (Å²) in [5, 5.41) is 3.04. The molecule has 0 bridgehead atoms. The standard InChI is InChI=1S/C19H20N4O3/c1-4-7-23-16-14(18(25)22-19(23)26)9-13(10-20-16)17(24)21-15-6-5-11(2)8-12(15)3/h5-6,8-10H,4,7H2,1-3H3,(H,21,24)(H,22,25,26). The summed E-state index contributed by atoms with van der Waals surface area (Å²) in [4.78, 5) is 43.1. The second kappa shape index (κ2) is 6.95. The van der Waals surface area contributed by atoms with Gasteiger partial charge in [-0.25, -0.2) is 9.78 Å². The van der Waals surface area contributed by atoms with E-state index < -0.39 is 11.2 Å². The summed E-state index contributed by atoms with van der Waals surface area (Å²) in [5.41, 5.74) is 2.24. The van der Waals surface area contributed by atoms with Crippen molar-refractivity contribution < 1.29 is 4.79 Å². The van der Waals surface area contributed by atoms with E-state index in [9.17, 15) is 14.4 Å². The second-order valence-corrected chi connectivity index (χ2v) is 6.28. The van der Waals surface area contributed by atoms with Crippen LogP contribution in [0.5, 0.6) is 0 Å². The first-order chi connectivity index (χ1) is 12.4. The first-order valence-electron chi connectivity index (χ1n) is 8.42. The van der Waals surface area contributed by atoms with Crippen molar-refractivity contribution in [2.45, 2.75) is 33.7 Å². The predicted octanol–water partition coefficient (Wildman–Crippen LogP) is 2.36. The van der Waals surface area contributed by atoms with Gasteiger partial charge in [0, 0.05) is 18.4 Å². The van der Waals surface area contributed by atoms with Crippen molar-refractivity contribution in [2.75, 3.05) is 5.32 Å². The van der Waals surface area contributed by atoms with Crippen molar-refractivity contribution in [1.82, 2.24) is 14.5 Å². The molecule has 1 amide bonds. The molecule has 0 aliphatic carbocycles. The lowest BCUT2D eigenvalue weighted by atomic mass is 10.1. The van der Waals surface area contributed by atoms with Crippen LogP contribution in [0.4, 0.5) is 5.69 Å². The molecule has 0 unspecified atom stereocenters. The Bertz CT molecular complexity index is 1110. The van der Waals surface area contributed by atoms with E-state index in [1.54, 1.807) is 0 Å². The lowest BCUT2D eigenvalue weighted by molar-refractivity contribution is 0.102. The number of nitrogens with one attached hydrogen (secondary N) is 2. The molecule has 26 heavy (non-hydrogen) atoms. The smallest absolute Gasteiger partial charge is 0.322 e. The number of benzene rings is 1. The summed E-state index contributed by atoms with van der Waals surface area (Å²) in [6.45, 7) is 6.26. The number of anilines is 1. The van der Waals surface area contributed by atoms with Crippen molar-refractivity contribution in [2.24, 2.45) is 0 Å². The van der Waals surface area contributed by atoms with Gasteiger partial charge in [-0.1, -0.05) is 24.6 Å². The molecule has 3 aromatic rings. The molecule has 0 saturated carbocycles. The van der Waals surface area contributed by atoms with E-state index in [0.29, 0.717) is 12.2 Å². The monoisotopic (exact) mass is 352 g/mol. The topological polar surface area (TPSA) is 96.9 Å². The molecule has 134 valence electrons. The number of fused-ring (bicyclic) bond motifs is 1. The molecule has 0 spiro atoms. The fourth-order valence-electron chi connectivity index (χ4n) is 2.87. The van der Waals surface area contributed by atoms with Gasteiger partial charge in [-0.2, -0.15) is 0 Å². The molecule has 0 saturated heterocycles. The maximum absolute atomic E-state index is 12.6. The minimum absolute atomic E-state index is 0.214. The lowest BCUT2D eigenvalue weighted by Gasteiger charge is -2.11. The van der Waals surface area contributed by atoms with E-state index in [1.165, 1.54) is 16.8 Å². The highest BCUT2D eigenvalue weighted by Crippen LogP contribution is 2.17. The van der Waals surface area contributed by atoms with Crippen LogP contribution in [-0.4, -0.2) is 20.4 Å². The maximum atomic E-state index is 12.6. The van der Waals surface area contributed by atoms with Crippen molar-refractivity contribution in [1.29, 1.82) is 0 Å². The minimum Gasteiger partial charge on any atom is -0.322 e. The SMILES string of the molecule is CCCn1c(=O)[nH]c(=O)c2cc(C(=O)Nc3ccc(C)cc3C)cnc21. The first-order valence-corrected chi connectivity index (χ1v) is 8.42. The Morgan fingerprint density at radius 2 is 2.00 bits per heavy atom. The number of amides is 1. The summed E-state index contributed by atoms with van der Waals surface area (Å²) in [7, 11) is 0. The third-order valence-electron chi connectivity index (χ3n) is 4.17. The van der Waals surface area contributed by atoms with Gasteiger partial charge in [0.2, 0.25) is 0 Å².